The second-order valence-corrected chi connectivity index (χ2v) is 6.21. The first-order chi connectivity index (χ1) is 11.1. The van der Waals surface area contributed by atoms with Crippen molar-refractivity contribution in [2.24, 2.45) is 11.7 Å². The number of carbonyl (C=O) groups excluding carboxylic acids is 2. The van der Waals surface area contributed by atoms with Crippen molar-refractivity contribution in [2.45, 2.75) is 25.8 Å². The van der Waals surface area contributed by atoms with Crippen LogP contribution in [0.3, 0.4) is 0 Å². The van der Waals surface area contributed by atoms with E-state index in [1.54, 1.807) is 11.1 Å². The van der Waals surface area contributed by atoms with Gasteiger partial charge >= 0.3 is 0 Å². The summed E-state index contributed by atoms with van der Waals surface area (Å²) in [5.41, 5.74) is 7.95. The van der Waals surface area contributed by atoms with Gasteiger partial charge in [-0.25, -0.2) is 0 Å². The molecule has 2 amide bonds. The molecule has 3 rings (SSSR count). The Morgan fingerprint density at radius 3 is 2.70 bits per heavy atom. The Bertz CT molecular complexity index is 708. The van der Waals surface area contributed by atoms with Crippen molar-refractivity contribution >= 4 is 11.8 Å². The fraction of sp³-hybridized carbons (Fsp3) is 0.333. The van der Waals surface area contributed by atoms with Crippen LogP contribution in [0.2, 0.25) is 0 Å². The number of hydrogen-bond acceptors (Lipinski definition) is 2. The molecule has 1 saturated heterocycles. The third-order valence-corrected chi connectivity index (χ3v) is 4.47. The lowest BCUT2D eigenvalue weighted by Crippen LogP contribution is -2.52. The molecule has 23 heavy (non-hydrogen) atoms. The second-order valence-electron chi connectivity index (χ2n) is 6.21. The quantitative estimate of drug-likeness (QED) is 0.913. The Kier molecular flexibility index (Phi) is 4.19. The summed E-state index contributed by atoms with van der Waals surface area (Å²) in [5.74, 6) is -0.162. The summed E-state index contributed by atoms with van der Waals surface area (Å²) in [5, 5.41) is 0. The van der Waals surface area contributed by atoms with Crippen molar-refractivity contribution < 1.29 is 9.59 Å². The number of hydrogen-bond donors (Lipinski definition) is 2. The third-order valence-electron chi connectivity index (χ3n) is 4.47. The number of H-pyrrole nitrogens is 1. The molecule has 1 aliphatic heterocycles. The molecule has 0 radical (unpaired) electrons. The Balaban J connectivity index is 1.83. The maximum Gasteiger partial charge on any atom is 0.256 e. The predicted molar refractivity (Wildman–Crippen MR) is 88.6 cm³/mol. The summed E-state index contributed by atoms with van der Waals surface area (Å²) < 4.78 is 0. The number of aromatic amines is 1. The lowest BCUT2D eigenvalue weighted by atomic mass is 9.91. The van der Waals surface area contributed by atoms with Gasteiger partial charge in [0.05, 0.1) is 5.56 Å². The SMILES string of the molecule is CC1CCN(C(=O)c2c[nH]c(-c3ccccc3)c2)C(C(N)=O)C1. The van der Waals surface area contributed by atoms with Crippen LogP contribution in [0.15, 0.2) is 42.6 Å². The van der Waals surface area contributed by atoms with Crippen LogP contribution in [-0.4, -0.2) is 34.3 Å². The Hall–Kier alpha value is -2.56. The zero-order valence-electron chi connectivity index (χ0n) is 13.2. The van der Waals surface area contributed by atoms with E-state index < -0.39 is 11.9 Å². The molecule has 0 spiro atoms. The molecule has 120 valence electrons. The Morgan fingerprint density at radius 1 is 1.26 bits per heavy atom. The van der Waals surface area contributed by atoms with Crippen LogP contribution in [0.25, 0.3) is 11.3 Å². The molecule has 2 aromatic rings. The van der Waals surface area contributed by atoms with Crippen molar-refractivity contribution in [3.63, 3.8) is 0 Å². The number of primary amides is 1. The van der Waals surface area contributed by atoms with Gasteiger partial charge in [0, 0.05) is 18.4 Å². The number of nitrogens with one attached hydrogen (secondary N) is 1. The molecule has 5 heteroatoms. The van der Waals surface area contributed by atoms with Crippen molar-refractivity contribution in [1.29, 1.82) is 0 Å². The highest BCUT2D eigenvalue weighted by molar-refractivity contribution is 5.98. The number of aromatic nitrogens is 1. The molecular weight excluding hydrogens is 290 g/mol. The van der Waals surface area contributed by atoms with Gasteiger partial charge in [-0.3, -0.25) is 9.59 Å². The molecule has 3 N–H and O–H groups in total. The zero-order valence-corrected chi connectivity index (χ0v) is 13.2. The summed E-state index contributed by atoms with van der Waals surface area (Å²) in [7, 11) is 0. The minimum absolute atomic E-state index is 0.140. The van der Waals surface area contributed by atoms with Crippen LogP contribution in [-0.2, 0) is 4.79 Å². The monoisotopic (exact) mass is 311 g/mol. The van der Waals surface area contributed by atoms with Crippen LogP contribution in [0, 0.1) is 5.92 Å². The van der Waals surface area contributed by atoms with Gasteiger partial charge in [-0.05, 0) is 30.4 Å². The van der Waals surface area contributed by atoms with Gasteiger partial charge in [0.1, 0.15) is 6.04 Å². The lowest BCUT2D eigenvalue weighted by Gasteiger charge is -2.36. The standard InChI is InChI=1S/C18H21N3O2/c1-12-7-8-21(16(9-12)17(19)22)18(23)14-10-15(20-11-14)13-5-3-2-4-6-13/h2-6,10-12,16,20H,7-9H2,1H3,(H2,19,22). The number of nitrogens with zero attached hydrogens (tertiary/aromatic N) is 1. The van der Waals surface area contributed by atoms with Gasteiger partial charge < -0.3 is 15.6 Å². The van der Waals surface area contributed by atoms with E-state index >= 15 is 0 Å². The average Bonchev–Trinajstić information content (AvgIpc) is 3.05. The highest BCUT2D eigenvalue weighted by atomic mass is 16.2. The number of benzene rings is 1. The molecule has 0 saturated carbocycles. The van der Waals surface area contributed by atoms with E-state index in [0.29, 0.717) is 24.4 Å². The van der Waals surface area contributed by atoms with Gasteiger partial charge in [0.2, 0.25) is 5.91 Å². The van der Waals surface area contributed by atoms with Crippen molar-refractivity contribution in [3.05, 3.63) is 48.2 Å². The largest absolute Gasteiger partial charge is 0.368 e. The van der Waals surface area contributed by atoms with Gasteiger partial charge in [-0.1, -0.05) is 37.3 Å². The molecule has 2 unspecified atom stereocenters. The van der Waals surface area contributed by atoms with E-state index in [0.717, 1.165) is 17.7 Å². The predicted octanol–water partition coefficient (Wildman–Crippen LogP) is 2.41. The molecule has 1 aliphatic rings. The Labute approximate surface area is 135 Å². The summed E-state index contributed by atoms with van der Waals surface area (Å²) in [6, 6.07) is 11.1. The van der Waals surface area contributed by atoms with E-state index in [2.05, 4.69) is 11.9 Å². The minimum atomic E-state index is -0.513. The summed E-state index contributed by atoms with van der Waals surface area (Å²) in [4.78, 5) is 29.2. The molecule has 0 bridgehead atoms. The normalized spacial score (nSPS) is 21.2. The number of amides is 2. The number of piperidine rings is 1. The van der Waals surface area contributed by atoms with Gasteiger partial charge in [0.15, 0.2) is 0 Å². The Morgan fingerprint density at radius 2 is 2.00 bits per heavy atom. The first-order valence-electron chi connectivity index (χ1n) is 7.90. The molecule has 1 fully saturated rings. The van der Waals surface area contributed by atoms with Crippen LogP contribution in [0.5, 0.6) is 0 Å². The fourth-order valence-electron chi connectivity index (χ4n) is 3.12. The van der Waals surface area contributed by atoms with Crippen molar-refractivity contribution in [1.82, 2.24) is 9.88 Å². The highest BCUT2D eigenvalue weighted by Gasteiger charge is 2.34. The molecule has 2 atom stereocenters. The first kappa shape index (κ1) is 15.3. The number of carbonyl (C=O) groups is 2. The van der Waals surface area contributed by atoms with E-state index in [9.17, 15) is 9.59 Å². The van der Waals surface area contributed by atoms with Crippen molar-refractivity contribution in [3.8, 4) is 11.3 Å². The maximum atomic E-state index is 12.8. The lowest BCUT2D eigenvalue weighted by molar-refractivity contribution is -0.124. The molecule has 0 aliphatic carbocycles. The van der Waals surface area contributed by atoms with Gasteiger partial charge in [-0.2, -0.15) is 0 Å². The van der Waals surface area contributed by atoms with Crippen molar-refractivity contribution in [2.75, 3.05) is 6.54 Å². The highest BCUT2D eigenvalue weighted by Crippen LogP contribution is 2.25. The van der Waals surface area contributed by atoms with Crippen LogP contribution >= 0.6 is 0 Å². The molecule has 5 nitrogen and oxygen atoms in total. The van der Waals surface area contributed by atoms with E-state index in [1.165, 1.54) is 0 Å². The fourth-order valence-corrected chi connectivity index (χ4v) is 3.12. The second kappa shape index (κ2) is 6.28. The minimum Gasteiger partial charge on any atom is -0.368 e. The zero-order chi connectivity index (χ0) is 16.4. The topological polar surface area (TPSA) is 79.2 Å². The van der Waals surface area contributed by atoms with Crippen LogP contribution in [0.4, 0.5) is 0 Å². The number of nitrogens with two attached hydrogens (primary N) is 1. The summed E-state index contributed by atoms with van der Waals surface area (Å²) in [6.45, 7) is 2.65. The maximum absolute atomic E-state index is 12.8. The summed E-state index contributed by atoms with van der Waals surface area (Å²) in [6.07, 6.45) is 3.23. The van der Waals surface area contributed by atoms with E-state index in [1.807, 2.05) is 36.4 Å². The smallest absolute Gasteiger partial charge is 0.256 e. The van der Waals surface area contributed by atoms with Gasteiger partial charge in [-0.15, -0.1) is 0 Å². The van der Waals surface area contributed by atoms with E-state index in [4.69, 9.17) is 5.73 Å². The van der Waals surface area contributed by atoms with E-state index in [-0.39, 0.29) is 5.91 Å². The summed E-state index contributed by atoms with van der Waals surface area (Å²) >= 11 is 0. The number of likely N-dealkylation sites (tertiary alicyclic amines) is 1. The first-order valence-corrected chi connectivity index (χ1v) is 7.90. The number of rotatable bonds is 3. The molecule has 1 aromatic carbocycles. The third kappa shape index (κ3) is 3.13. The molecule has 2 heterocycles. The van der Waals surface area contributed by atoms with Gasteiger partial charge in [0.25, 0.3) is 5.91 Å². The molecular formula is C18H21N3O2. The van der Waals surface area contributed by atoms with Crippen LogP contribution in [0.1, 0.15) is 30.1 Å². The molecule has 1 aromatic heterocycles. The average molecular weight is 311 g/mol. The van der Waals surface area contributed by atoms with Crippen LogP contribution < -0.4 is 5.73 Å².